The third-order valence-electron chi connectivity index (χ3n) is 7.14. The van der Waals surface area contributed by atoms with Crippen LogP contribution in [0.2, 0.25) is 15.1 Å². The standard InChI is InChI=1S/C35H36Cl3N3O5S/c1-35(2,3)39-34(43)31(19-24-11-7-5-8-12-24)40(22-25-15-16-26(36)20-29(25)38)33(42)23-41(30-21-27(37)17-18-32(30)46-4)47(44,45)28-13-9-6-10-14-28/h5-18,20-21,31H,19,22-23H2,1-4H3,(H,39,43)/t31-/m1/s1. The number of methoxy groups -OCH3 is 1. The van der Waals surface area contributed by atoms with Gasteiger partial charge in [-0.15, -0.1) is 0 Å². The van der Waals surface area contributed by atoms with Gasteiger partial charge in [0.05, 0.1) is 17.7 Å². The van der Waals surface area contributed by atoms with Crippen molar-refractivity contribution in [1.82, 2.24) is 10.2 Å². The van der Waals surface area contributed by atoms with Crippen LogP contribution in [-0.4, -0.2) is 50.4 Å². The van der Waals surface area contributed by atoms with Crippen molar-refractivity contribution in [3.8, 4) is 5.75 Å². The zero-order chi connectivity index (χ0) is 34.4. The SMILES string of the molecule is COc1ccc(Cl)cc1N(CC(=O)N(Cc1ccc(Cl)cc1Cl)[C@H](Cc1ccccc1)C(=O)NC(C)(C)C)S(=O)(=O)c1ccccc1. The molecule has 0 saturated heterocycles. The number of hydrogen-bond donors (Lipinski definition) is 1. The van der Waals surface area contributed by atoms with E-state index in [1.807, 2.05) is 51.1 Å². The van der Waals surface area contributed by atoms with E-state index >= 15 is 0 Å². The van der Waals surface area contributed by atoms with Crippen LogP contribution in [0.4, 0.5) is 5.69 Å². The van der Waals surface area contributed by atoms with E-state index in [0.717, 1.165) is 9.87 Å². The third-order valence-corrected chi connectivity index (χ3v) is 9.74. The van der Waals surface area contributed by atoms with Crippen LogP contribution in [0.3, 0.4) is 0 Å². The second-order valence-corrected chi connectivity index (χ2v) is 15.0. The molecule has 0 aliphatic rings. The molecule has 0 radical (unpaired) electrons. The average Bonchev–Trinajstić information content (AvgIpc) is 3.02. The average molecular weight is 717 g/mol. The van der Waals surface area contributed by atoms with E-state index in [0.29, 0.717) is 10.6 Å². The summed E-state index contributed by atoms with van der Waals surface area (Å²) >= 11 is 19.1. The summed E-state index contributed by atoms with van der Waals surface area (Å²) < 4.78 is 35.0. The first-order valence-electron chi connectivity index (χ1n) is 14.7. The Hall–Kier alpha value is -3.76. The van der Waals surface area contributed by atoms with E-state index < -0.39 is 40.0 Å². The summed E-state index contributed by atoms with van der Waals surface area (Å²) in [5.74, 6) is -0.902. The largest absolute Gasteiger partial charge is 0.495 e. The summed E-state index contributed by atoms with van der Waals surface area (Å²) in [7, 11) is -2.96. The Morgan fingerprint density at radius 1 is 0.851 bits per heavy atom. The molecule has 248 valence electrons. The number of ether oxygens (including phenoxy) is 1. The van der Waals surface area contributed by atoms with Gasteiger partial charge in [0.15, 0.2) is 0 Å². The second-order valence-electron chi connectivity index (χ2n) is 11.8. The Morgan fingerprint density at radius 3 is 2.04 bits per heavy atom. The maximum absolute atomic E-state index is 14.7. The zero-order valence-electron chi connectivity index (χ0n) is 26.4. The normalized spacial score (nSPS) is 12.2. The molecule has 0 aliphatic carbocycles. The monoisotopic (exact) mass is 715 g/mol. The lowest BCUT2D eigenvalue weighted by atomic mass is 10.0. The van der Waals surface area contributed by atoms with Gasteiger partial charge >= 0.3 is 0 Å². The number of anilines is 1. The van der Waals surface area contributed by atoms with Gasteiger partial charge in [0.2, 0.25) is 11.8 Å². The van der Waals surface area contributed by atoms with Crippen LogP contribution in [0.25, 0.3) is 0 Å². The molecule has 0 spiro atoms. The molecule has 4 aromatic rings. The maximum atomic E-state index is 14.7. The number of halogens is 3. The molecule has 0 aliphatic heterocycles. The van der Waals surface area contributed by atoms with Crippen molar-refractivity contribution in [2.45, 2.75) is 50.2 Å². The highest BCUT2D eigenvalue weighted by molar-refractivity contribution is 7.92. The van der Waals surface area contributed by atoms with E-state index in [9.17, 15) is 18.0 Å². The molecule has 0 unspecified atom stereocenters. The maximum Gasteiger partial charge on any atom is 0.264 e. The molecular formula is C35H36Cl3N3O5S. The molecule has 4 aromatic carbocycles. The van der Waals surface area contributed by atoms with E-state index in [4.69, 9.17) is 39.5 Å². The van der Waals surface area contributed by atoms with Gasteiger partial charge in [-0.2, -0.15) is 0 Å². The van der Waals surface area contributed by atoms with Gasteiger partial charge in [-0.05, 0) is 74.4 Å². The fourth-order valence-corrected chi connectivity index (χ4v) is 7.00. The highest BCUT2D eigenvalue weighted by Gasteiger charge is 2.36. The molecule has 1 N–H and O–H groups in total. The smallest absolute Gasteiger partial charge is 0.264 e. The number of benzene rings is 4. The van der Waals surface area contributed by atoms with Crippen molar-refractivity contribution in [2.75, 3.05) is 18.0 Å². The highest BCUT2D eigenvalue weighted by atomic mass is 35.5. The molecule has 1 atom stereocenters. The summed E-state index contributed by atoms with van der Waals surface area (Å²) in [6, 6.07) is 25.3. The highest BCUT2D eigenvalue weighted by Crippen LogP contribution is 2.35. The van der Waals surface area contributed by atoms with Gasteiger partial charge in [-0.1, -0.05) is 89.4 Å². The minimum Gasteiger partial charge on any atom is -0.495 e. The number of amides is 2. The third kappa shape index (κ3) is 9.41. The Bertz CT molecular complexity index is 1820. The lowest BCUT2D eigenvalue weighted by Gasteiger charge is -2.35. The second kappa shape index (κ2) is 15.4. The van der Waals surface area contributed by atoms with Crippen LogP contribution in [0.15, 0.2) is 102 Å². The van der Waals surface area contributed by atoms with Crippen LogP contribution in [0.5, 0.6) is 5.75 Å². The lowest BCUT2D eigenvalue weighted by Crippen LogP contribution is -2.56. The van der Waals surface area contributed by atoms with Crippen molar-refractivity contribution in [2.24, 2.45) is 0 Å². The molecule has 4 rings (SSSR count). The fourth-order valence-electron chi connectivity index (χ4n) is 4.93. The van der Waals surface area contributed by atoms with E-state index in [1.54, 1.807) is 42.5 Å². The molecule has 0 fully saturated rings. The molecule has 0 heterocycles. The summed E-state index contributed by atoms with van der Waals surface area (Å²) in [6.45, 7) is 4.72. The Balaban J connectivity index is 1.88. The summed E-state index contributed by atoms with van der Waals surface area (Å²) in [4.78, 5) is 30.0. The molecule has 0 saturated carbocycles. The van der Waals surface area contributed by atoms with Gasteiger partial charge in [-0.3, -0.25) is 13.9 Å². The Labute approximate surface area is 291 Å². The fraction of sp³-hybridized carbons (Fsp3) is 0.257. The molecule has 8 nitrogen and oxygen atoms in total. The first-order chi connectivity index (χ1) is 22.2. The number of carbonyl (C=O) groups excluding carboxylic acids is 2. The number of sulfonamides is 1. The number of nitrogens with one attached hydrogen (secondary N) is 1. The minimum atomic E-state index is -4.35. The van der Waals surface area contributed by atoms with Crippen molar-refractivity contribution in [1.29, 1.82) is 0 Å². The zero-order valence-corrected chi connectivity index (χ0v) is 29.5. The Kier molecular flexibility index (Phi) is 11.8. The summed E-state index contributed by atoms with van der Waals surface area (Å²) in [5, 5.41) is 3.92. The van der Waals surface area contributed by atoms with Gasteiger partial charge < -0.3 is 15.0 Å². The number of hydrogen-bond acceptors (Lipinski definition) is 5. The lowest BCUT2D eigenvalue weighted by molar-refractivity contribution is -0.140. The van der Waals surface area contributed by atoms with Gasteiger partial charge in [0.25, 0.3) is 10.0 Å². The molecule has 2 amide bonds. The summed E-state index contributed by atoms with van der Waals surface area (Å²) in [5.41, 5.74) is 0.742. The first kappa shape index (κ1) is 36.1. The number of carbonyl (C=O) groups is 2. The first-order valence-corrected chi connectivity index (χ1v) is 17.3. The van der Waals surface area contributed by atoms with Gasteiger partial charge in [0, 0.05) is 33.6 Å². The van der Waals surface area contributed by atoms with E-state index in [2.05, 4.69) is 5.32 Å². The van der Waals surface area contributed by atoms with E-state index in [1.165, 1.54) is 36.3 Å². The minimum absolute atomic E-state index is 0.0477. The topological polar surface area (TPSA) is 96.0 Å². The van der Waals surface area contributed by atoms with Crippen molar-refractivity contribution in [3.63, 3.8) is 0 Å². The van der Waals surface area contributed by atoms with Gasteiger partial charge in [-0.25, -0.2) is 8.42 Å². The van der Waals surface area contributed by atoms with Crippen molar-refractivity contribution in [3.05, 3.63) is 123 Å². The van der Waals surface area contributed by atoms with Crippen LogP contribution < -0.4 is 14.4 Å². The molecular weight excluding hydrogens is 681 g/mol. The molecule has 47 heavy (non-hydrogen) atoms. The van der Waals surface area contributed by atoms with Crippen molar-refractivity contribution < 1.29 is 22.7 Å². The predicted octanol–water partition coefficient (Wildman–Crippen LogP) is 7.41. The van der Waals surface area contributed by atoms with Crippen LogP contribution >= 0.6 is 34.8 Å². The van der Waals surface area contributed by atoms with Crippen LogP contribution in [-0.2, 0) is 32.6 Å². The quantitative estimate of drug-likeness (QED) is 0.165. The molecule has 0 bridgehead atoms. The Morgan fingerprint density at radius 2 is 1.45 bits per heavy atom. The number of rotatable bonds is 12. The van der Waals surface area contributed by atoms with Crippen molar-refractivity contribution >= 4 is 62.3 Å². The van der Waals surface area contributed by atoms with Crippen LogP contribution in [0.1, 0.15) is 31.9 Å². The molecule has 12 heteroatoms. The number of nitrogens with zero attached hydrogens (tertiary/aromatic N) is 2. The van der Waals surface area contributed by atoms with Gasteiger partial charge in [0.1, 0.15) is 18.3 Å². The summed E-state index contributed by atoms with van der Waals surface area (Å²) in [6.07, 6.45) is 0.144. The molecule has 0 aromatic heterocycles. The van der Waals surface area contributed by atoms with E-state index in [-0.39, 0.29) is 39.3 Å². The van der Waals surface area contributed by atoms with Crippen LogP contribution in [0, 0.1) is 0 Å². The predicted molar refractivity (Wildman–Crippen MR) is 188 cm³/mol.